The molecule has 0 bridgehead atoms. The van der Waals surface area contributed by atoms with E-state index in [-0.39, 0.29) is 0 Å². The lowest BCUT2D eigenvalue weighted by molar-refractivity contribution is 0.566. The van der Waals surface area contributed by atoms with Crippen LogP contribution in [0.25, 0.3) is 0 Å². The van der Waals surface area contributed by atoms with Gasteiger partial charge in [-0.3, -0.25) is 4.68 Å². The van der Waals surface area contributed by atoms with Gasteiger partial charge in [-0.1, -0.05) is 0 Å². The van der Waals surface area contributed by atoms with Gasteiger partial charge in [0.25, 0.3) is 0 Å². The zero-order valence-electron chi connectivity index (χ0n) is 11.1. The van der Waals surface area contributed by atoms with E-state index in [0.717, 1.165) is 16.6 Å². The van der Waals surface area contributed by atoms with E-state index in [1.54, 1.807) is 0 Å². The SMILES string of the molecule is CNC(Cc1c(Br)c(C)nn1C)c1sccc1C. The first kappa shape index (κ1) is 13.8. The Bertz CT molecular complexity index is 544. The molecule has 1 unspecified atom stereocenters. The van der Waals surface area contributed by atoms with Crippen LogP contribution >= 0.6 is 27.3 Å². The minimum Gasteiger partial charge on any atom is -0.312 e. The Morgan fingerprint density at radius 2 is 2.22 bits per heavy atom. The normalized spacial score (nSPS) is 12.9. The lowest BCUT2D eigenvalue weighted by Crippen LogP contribution is -2.20. The number of aryl methyl sites for hydroxylation is 3. The van der Waals surface area contributed by atoms with E-state index in [2.05, 4.69) is 44.7 Å². The highest BCUT2D eigenvalue weighted by molar-refractivity contribution is 9.10. The molecule has 0 aromatic carbocycles. The molecule has 5 heteroatoms. The summed E-state index contributed by atoms with van der Waals surface area (Å²) in [6.45, 7) is 4.19. The fraction of sp³-hybridized carbons (Fsp3) is 0.462. The second kappa shape index (κ2) is 5.55. The van der Waals surface area contributed by atoms with Crippen molar-refractivity contribution in [2.45, 2.75) is 26.3 Å². The average molecular weight is 328 g/mol. The third kappa shape index (κ3) is 2.53. The molecule has 2 heterocycles. The maximum Gasteiger partial charge on any atom is 0.0738 e. The van der Waals surface area contributed by atoms with E-state index in [1.165, 1.54) is 16.1 Å². The Labute approximate surface area is 120 Å². The monoisotopic (exact) mass is 327 g/mol. The molecule has 0 fully saturated rings. The number of halogens is 1. The summed E-state index contributed by atoms with van der Waals surface area (Å²) in [5.74, 6) is 0. The third-order valence-electron chi connectivity index (χ3n) is 3.23. The van der Waals surface area contributed by atoms with Crippen LogP contribution in [0.2, 0.25) is 0 Å². The number of likely N-dealkylation sites (N-methyl/N-ethyl adjacent to an activating group) is 1. The number of rotatable bonds is 4. The number of nitrogens with zero attached hydrogens (tertiary/aromatic N) is 2. The lowest BCUT2D eigenvalue weighted by Gasteiger charge is -2.16. The van der Waals surface area contributed by atoms with Gasteiger partial charge in [-0.05, 0) is 53.8 Å². The summed E-state index contributed by atoms with van der Waals surface area (Å²) in [6.07, 6.45) is 0.940. The third-order valence-corrected chi connectivity index (χ3v) is 5.39. The number of hydrogen-bond acceptors (Lipinski definition) is 3. The van der Waals surface area contributed by atoms with Gasteiger partial charge in [-0.25, -0.2) is 0 Å². The smallest absolute Gasteiger partial charge is 0.0738 e. The summed E-state index contributed by atoms with van der Waals surface area (Å²) in [5, 5.41) is 10.0. The van der Waals surface area contributed by atoms with Crippen LogP contribution in [0.5, 0.6) is 0 Å². The molecule has 0 radical (unpaired) electrons. The molecule has 0 saturated carbocycles. The highest BCUT2D eigenvalue weighted by Gasteiger charge is 2.19. The van der Waals surface area contributed by atoms with Crippen molar-refractivity contribution in [2.24, 2.45) is 7.05 Å². The molecule has 1 N–H and O–H groups in total. The Kier molecular flexibility index (Phi) is 4.25. The predicted octanol–water partition coefficient (Wildman–Crippen LogP) is 3.36. The first-order valence-corrected chi connectivity index (χ1v) is 7.61. The minimum absolute atomic E-state index is 0.344. The lowest BCUT2D eigenvalue weighted by atomic mass is 10.1. The highest BCUT2D eigenvalue weighted by Crippen LogP contribution is 2.29. The predicted molar refractivity (Wildman–Crippen MR) is 80.2 cm³/mol. The number of aromatic nitrogens is 2. The van der Waals surface area contributed by atoms with Crippen molar-refractivity contribution in [3.8, 4) is 0 Å². The van der Waals surface area contributed by atoms with Gasteiger partial charge in [0.15, 0.2) is 0 Å². The number of thiophene rings is 1. The molecule has 1 atom stereocenters. The van der Waals surface area contributed by atoms with E-state index in [4.69, 9.17) is 0 Å². The van der Waals surface area contributed by atoms with Crippen molar-refractivity contribution in [2.75, 3.05) is 7.05 Å². The number of hydrogen-bond donors (Lipinski definition) is 1. The highest BCUT2D eigenvalue weighted by atomic mass is 79.9. The Hall–Kier alpha value is -0.650. The molecule has 0 saturated heterocycles. The van der Waals surface area contributed by atoms with Gasteiger partial charge in [-0.2, -0.15) is 5.10 Å². The number of nitrogens with one attached hydrogen (secondary N) is 1. The largest absolute Gasteiger partial charge is 0.312 e. The Morgan fingerprint density at radius 1 is 1.50 bits per heavy atom. The van der Waals surface area contributed by atoms with Gasteiger partial charge in [0, 0.05) is 24.4 Å². The van der Waals surface area contributed by atoms with Gasteiger partial charge in [0.05, 0.1) is 15.9 Å². The van der Waals surface area contributed by atoms with E-state index in [9.17, 15) is 0 Å². The first-order chi connectivity index (χ1) is 8.54. The standard InChI is InChI=1S/C13H18BrN3S/c1-8-5-6-18-13(8)10(15-3)7-11-12(14)9(2)16-17(11)4/h5-6,10,15H,7H2,1-4H3. The van der Waals surface area contributed by atoms with Crippen LogP contribution in [0.1, 0.15) is 27.9 Å². The molecule has 0 amide bonds. The molecule has 18 heavy (non-hydrogen) atoms. The second-order valence-electron chi connectivity index (χ2n) is 4.48. The summed E-state index contributed by atoms with van der Waals surface area (Å²) in [6, 6.07) is 2.52. The summed E-state index contributed by atoms with van der Waals surface area (Å²) in [5.41, 5.74) is 3.64. The van der Waals surface area contributed by atoms with Gasteiger partial charge in [0.1, 0.15) is 0 Å². The molecule has 98 valence electrons. The van der Waals surface area contributed by atoms with Crippen LogP contribution in [-0.2, 0) is 13.5 Å². The van der Waals surface area contributed by atoms with Crippen LogP contribution in [0.4, 0.5) is 0 Å². The first-order valence-electron chi connectivity index (χ1n) is 5.93. The average Bonchev–Trinajstić information content (AvgIpc) is 2.84. The molecule has 2 rings (SSSR count). The Balaban J connectivity index is 2.29. The van der Waals surface area contributed by atoms with Crippen molar-refractivity contribution in [1.82, 2.24) is 15.1 Å². The molecule has 0 aliphatic carbocycles. The van der Waals surface area contributed by atoms with Crippen LogP contribution in [0.15, 0.2) is 15.9 Å². The van der Waals surface area contributed by atoms with E-state index in [0.29, 0.717) is 6.04 Å². The summed E-state index contributed by atoms with van der Waals surface area (Å²) in [7, 11) is 4.02. The molecular weight excluding hydrogens is 310 g/mol. The van der Waals surface area contributed by atoms with E-state index in [1.807, 2.05) is 37.0 Å². The zero-order chi connectivity index (χ0) is 13.3. The minimum atomic E-state index is 0.344. The van der Waals surface area contributed by atoms with Crippen molar-refractivity contribution < 1.29 is 0 Å². The van der Waals surface area contributed by atoms with Gasteiger partial charge >= 0.3 is 0 Å². The van der Waals surface area contributed by atoms with Crippen molar-refractivity contribution in [3.05, 3.63) is 37.7 Å². The fourth-order valence-electron chi connectivity index (χ4n) is 2.16. The fourth-order valence-corrected chi connectivity index (χ4v) is 3.70. The molecule has 0 aliphatic rings. The Morgan fingerprint density at radius 3 is 2.67 bits per heavy atom. The topological polar surface area (TPSA) is 29.9 Å². The van der Waals surface area contributed by atoms with Crippen molar-refractivity contribution in [3.63, 3.8) is 0 Å². The van der Waals surface area contributed by atoms with Crippen LogP contribution in [0, 0.1) is 13.8 Å². The van der Waals surface area contributed by atoms with Crippen molar-refractivity contribution >= 4 is 27.3 Å². The van der Waals surface area contributed by atoms with Crippen molar-refractivity contribution in [1.29, 1.82) is 0 Å². The molecule has 3 nitrogen and oxygen atoms in total. The van der Waals surface area contributed by atoms with Gasteiger partial charge in [0.2, 0.25) is 0 Å². The molecule has 0 spiro atoms. The quantitative estimate of drug-likeness (QED) is 0.933. The zero-order valence-corrected chi connectivity index (χ0v) is 13.5. The molecular formula is C13H18BrN3S. The second-order valence-corrected chi connectivity index (χ2v) is 6.22. The summed E-state index contributed by atoms with van der Waals surface area (Å²) < 4.78 is 3.09. The van der Waals surface area contributed by atoms with Gasteiger partial charge < -0.3 is 5.32 Å². The van der Waals surface area contributed by atoms with Crippen LogP contribution in [0.3, 0.4) is 0 Å². The van der Waals surface area contributed by atoms with E-state index >= 15 is 0 Å². The maximum atomic E-state index is 4.45. The van der Waals surface area contributed by atoms with Crippen LogP contribution < -0.4 is 5.32 Å². The molecule has 0 aliphatic heterocycles. The van der Waals surface area contributed by atoms with Crippen LogP contribution in [-0.4, -0.2) is 16.8 Å². The maximum absolute atomic E-state index is 4.45. The molecule has 2 aromatic rings. The van der Waals surface area contributed by atoms with E-state index < -0.39 is 0 Å². The summed E-state index contributed by atoms with van der Waals surface area (Å²) in [4.78, 5) is 1.41. The molecule has 2 aromatic heterocycles. The van der Waals surface area contributed by atoms with Gasteiger partial charge in [-0.15, -0.1) is 11.3 Å². The summed E-state index contributed by atoms with van der Waals surface area (Å²) >= 11 is 5.45.